The van der Waals surface area contributed by atoms with Crippen LogP contribution in [0.5, 0.6) is 0 Å². The van der Waals surface area contributed by atoms with Crippen LogP contribution in [0, 0.1) is 0 Å². The third-order valence-corrected chi connectivity index (χ3v) is 3.34. The van der Waals surface area contributed by atoms with E-state index in [1.807, 2.05) is 0 Å². The molecule has 1 aromatic rings. The third kappa shape index (κ3) is 3.42. The van der Waals surface area contributed by atoms with Crippen LogP contribution in [-0.2, 0) is 13.8 Å². The van der Waals surface area contributed by atoms with Gasteiger partial charge < -0.3 is 25.4 Å². The van der Waals surface area contributed by atoms with Gasteiger partial charge in [-0.15, -0.1) is 0 Å². The Hall–Kier alpha value is -1.29. The Bertz CT molecular complexity index is 585. The minimum Gasteiger partial charge on any atom is -0.394 e. The van der Waals surface area contributed by atoms with Crippen molar-refractivity contribution in [2.75, 3.05) is 12.3 Å². The van der Waals surface area contributed by atoms with Crippen molar-refractivity contribution in [3.63, 3.8) is 0 Å². The lowest BCUT2D eigenvalue weighted by molar-refractivity contribution is -0.0452. The topological polar surface area (TPSA) is 157 Å². The molecule has 0 bridgehead atoms. The van der Waals surface area contributed by atoms with Crippen LogP contribution in [0.1, 0.15) is 12.6 Å². The van der Waals surface area contributed by atoms with Gasteiger partial charge in [0.1, 0.15) is 24.3 Å². The summed E-state index contributed by atoms with van der Waals surface area (Å²) in [6.45, 7) is -0.502. The first-order chi connectivity index (χ1) is 9.30. The lowest BCUT2D eigenvalue weighted by Gasteiger charge is -2.16. The zero-order valence-corrected chi connectivity index (χ0v) is 11.1. The summed E-state index contributed by atoms with van der Waals surface area (Å²) < 4.78 is 21.8. The largest absolute Gasteiger partial charge is 0.469 e. The van der Waals surface area contributed by atoms with E-state index in [0.717, 1.165) is 4.57 Å². The number of aromatic nitrogens is 2. The van der Waals surface area contributed by atoms with E-state index >= 15 is 0 Å². The van der Waals surface area contributed by atoms with Crippen molar-refractivity contribution in [2.24, 2.45) is 0 Å². The molecule has 112 valence electrons. The summed E-state index contributed by atoms with van der Waals surface area (Å²) in [5, 5.41) is 9.13. The molecule has 5 N–H and O–H groups in total. The quantitative estimate of drug-likeness (QED) is 0.490. The Balaban J connectivity index is 2.20. The summed E-state index contributed by atoms with van der Waals surface area (Å²) in [7, 11) is -4.72. The van der Waals surface area contributed by atoms with Crippen molar-refractivity contribution in [1.29, 1.82) is 0 Å². The molecule has 20 heavy (non-hydrogen) atoms. The fourth-order valence-corrected chi connectivity index (χ4v) is 2.54. The van der Waals surface area contributed by atoms with Gasteiger partial charge in [0.05, 0.1) is 6.61 Å². The van der Waals surface area contributed by atoms with Crippen LogP contribution >= 0.6 is 7.82 Å². The fraction of sp³-hybridized carbons (Fsp3) is 0.556. The first kappa shape index (κ1) is 15.1. The maximum atomic E-state index is 11.6. The SMILES string of the molecule is Nc1ccn([C@@H]2C[C@@H](OP(=O)(O)O)[C@H](CO)O2)c(=O)n1. The number of nitrogen functional groups attached to an aromatic ring is 1. The Morgan fingerprint density at radius 2 is 2.30 bits per heavy atom. The third-order valence-electron chi connectivity index (χ3n) is 2.79. The van der Waals surface area contributed by atoms with Crippen LogP contribution in [0.4, 0.5) is 5.82 Å². The minimum absolute atomic E-state index is 0.0121. The van der Waals surface area contributed by atoms with Crippen molar-refractivity contribution in [3.05, 3.63) is 22.7 Å². The molecule has 0 saturated carbocycles. The highest BCUT2D eigenvalue weighted by Crippen LogP contribution is 2.43. The number of rotatable bonds is 4. The van der Waals surface area contributed by atoms with Crippen molar-refractivity contribution < 1.29 is 28.7 Å². The molecule has 1 aliphatic heterocycles. The average Bonchev–Trinajstić information content (AvgIpc) is 2.69. The molecule has 11 heteroatoms. The minimum atomic E-state index is -4.72. The Morgan fingerprint density at radius 3 is 2.85 bits per heavy atom. The predicted octanol–water partition coefficient (Wildman–Crippen LogP) is -1.42. The van der Waals surface area contributed by atoms with Crippen molar-refractivity contribution in [1.82, 2.24) is 9.55 Å². The molecule has 0 amide bonds. The summed E-state index contributed by atoms with van der Waals surface area (Å²) in [5.41, 5.74) is 4.69. The number of hydrogen-bond donors (Lipinski definition) is 4. The molecule has 1 aliphatic rings. The molecular weight excluding hydrogens is 293 g/mol. The standard InChI is InChI=1S/C9H14N3O7P/c10-7-1-2-12(9(14)11-7)8-3-5(6(4-13)18-8)19-20(15,16)17/h1-2,5-6,8,13H,3-4H2,(H2,10,11,14)(H2,15,16,17)/t5-,6+,8+/m1/s1. The van der Waals surface area contributed by atoms with Gasteiger partial charge in [0.25, 0.3) is 0 Å². The van der Waals surface area contributed by atoms with Gasteiger partial charge >= 0.3 is 13.5 Å². The van der Waals surface area contributed by atoms with Crippen LogP contribution in [-0.4, -0.2) is 43.3 Å². The monoisotopic (exact) mass is 307 g/mol. The molecular formula is C9H14N3O7P. The highest BCUT2D eigenvalue weighted by molar-refractivity contribution is 7.46. The first-order valence-electron chi connectivity index (χ1n) is 5.65. The van der Waals surface area contributed by atoms with E-state index in [4.69, 9.17) is 25.4 Å². The molecule has 3 atom stereocenters. The van der Waals surface area contributed by atoms with Gasteiger partial charge in [-0.05, 0) is 6.07 Å². The zero-order valence-electron chi connectivity index (χ0n) is 10.2. The molecule has 1 saturated heterocycles. The van der Waals surface area contributed by atoms with E-state index in [0.29, 0.717) is 0 Å². The van der Waals surface area contributed by atoms with E-state index < -0.39 is 38.6 Å². The lowest BCUT2D eigenvalue weighted by atomic mass is 10.2. The fourth-order valence-electron chi connectivity index (χ4n) is 1.97. The van der Waals surface area contributed by atoms with E-state index in [-0.39, 0.29) is 12.2 Å². The zero-order chi connectivity index (χ0) is 14.9. The molecule has 1 aromatic heterocycles. The number of nitrogens with zero attached hydrogens (tertiary/aromatic N) is 2. The smallest absolute Gasteiger partial charge is 0.394 e. The molecule has 0 aliphatic carbocycles. The number of anilines is 1. The van der Waals surface area contributed by atoms with Crippen molar-refractivity contribution >= 4 is 13.6 Å². The highest BCUT2D eigenvalue weighted by Gasteiger charge is 2.40. The number of ether oxygens (including phenoxy) is 1. The van der Waals surface area contributed by atoms with Crippen LogP contribution in [0.2, 0.25) is 0 Å². The summed E-state index contributed by atoms with van der Waals surface area (Å²) in [5.74, 6) is 0.0472. The number of aliphatic hydroxyl groups is 1. The van der Waals surface area contributed by atoms with Crippen molar-refractivity contribution in [2.45, 2.75) is 24.9 Å². The van der Waals surface area contributed by atoms with Gasteiger partial charge in [-0.3, -0.25) is 9.09 Å². The van der Waals surface area contributed by atoms with E-state index in [1.54, 1.807) is 0 Å². The average molecular weight is 307 g/mol. The molecule has 2 heterocycles. The lowest BCUT2D eigenvalue weighted by Crippen LogP contribution is -2.28. The number of hydrogen-bond acceptors (Lipinski definition) is 7. The summed E-state index contributed by atoms with van der Waals surface area (Å²) >= 11 is 0. The molecule has 1 fully saturated rings. The summed E-state index contributed by atoms with van der Waals surface area (Å²) in [6.07, 6.45) is -1.48. The number of phosphoric acid groups is 1. The predicted molar refractivity (Wildman–Crippen MR) is 65.4 cm³/mol. The second kappa shape index (κ2) is 5.60. The van der Waals surface area contributed by atoms with Gasteiger partial charge in [0.2, 0.25) is 0 Å². The van der Waals surface area contributed by atoms with Crippen molar-refractivity contribution in [3.8, 4) is 0 Å². The number of phosphoric ester groups is 1. The van der Waals surface area contributed by atoms with E-state index in [9.17, 15) is 9.36 Å². The number of aliphatic hydroxyl groups excluding tert-OH is 1. The summed E-state index contributed by atoms with van der Waals surface area (Å²) in [6, 6.07) is 1.38. The van der Waals surface area contributed by atoms with Crippen LogP contribution in [0.25, 0.3) is 0 Å². The van der Waals surface area contributed by atoms with Gasteiger partial charge in [-0.2, -0.15) is 4.98 Å². The normalized spacial score (nSPS) is 26.9. The second-order valence-electron chi connectivity index (χ2n) is 4.22. The Kier molecular flexibility index (Phi) is 4.23. The molecule has 0 aromatic carbocycles. The molecule has 0 spiro atoms. The summed E-state index contributed by atoms with van der Waals surface area (Å²) in [4.78, 5) is 32.8. The van der Waals surface area contributed by atoms with E-state index in [2.05, 4.69) is 9.51 Å². The van der Waals surface area contributed by atoms with Crippen LogP contribution < -0.4 is 11.4 Å². The van der Waals surface area contributed by atoms with Gasteiger partial charge in [0.15, 0.2) is 0 Å². The molecule has 0 unspecified atom stereocenters. The van der Waals surface area contributed by atoms with Gasteiger partial charge in [-0.25, -0.2) is 9.36 Å². The van der Waals surface area contributed by atoms with Crippen LogP contribution in [0.3, 0.4) is 0 Å². The molecule has 10 nitrogen and oxygen atoms in total. The van der Waals surface area contributed by atoms with Crippen LogP contribution in [0.15, 0.2) is 17.1 Å². The van der Waals surface area contributed by atoms with E-state index in [1.165, 1.54) is 12.3 Å². The molecule has 0 radical (unpaired) electrons. The van der Waals surface area contributed by atoms with Gasteiger partial charge in [-0.1, -0.05) is 0 Å². The highest BCUT2D eigenvalue weighted by atomic mass is 31.2. The molecule has 2 rings (SSSR count). The Labute approximate surface area is 113 Å². The maximum Gasteiger partial charge on any atom is 0.469 e. The Morgan fingerprint density at radius 1 is 1.60 bits per heavy atom. The maximum absolute atomic E-state index is 11.6. The van der Waals surface area contributed by atoms with Gasteiger partial charge in [0, 0.05) is 12.6 Å². The number of nitrogens with two attached hydrogens (primary N) is 1. The first-order valence-corrected chi connectivity index (χ1v) is 7.18. The second-order valence-corrected chi connectivity index (χ2v) is 5.42.